The van der Waals surface area contributed by atoms with E-state index in [1.165, 1.54) is 0 Å². The van der Waals surface area contributed by atoms with Crippen LogP contribution in [0.15, 0.2) is 0 Å². The van der Waals surface area contributed by atoms with Gasteiger partial charge < -0.3 is 0 Å². The Morgan fingerprint density at radius 3 is 1.54 bits per heavy atom. The highest BCUT2D eigenvalue weighted by Gasteiger charge is 2.44. The van der Waals surface area contributed by atoms with Gasteiger partial charge in [-0.1, -0.05) is 24.6 Å². The van der Waals surface area contributed by atoms with Crippen LogP contribution in [0.4, 0.5) is 13.2 Å². The van der Waals surface area contributed by atoms with Crippen molar-refractivity contribution in [2.45, 2.75) is 24.6 Å². The van der Waals surface area contributed by atoms with Crippen LogP contribution < -0.4 is 0 Å². The Morgan fingerprint density at radius 1 is 1.38 bits per heavy atom. The molecule has 9 heteroatoms. The minimum Gasteiger partial charge on any atom is -0.279 e. The summed E-state index contributed by atoms with van der Waals surface area (Å²) in [6.45, 7) is 4.22. The highest BCUT2D eigenvalue weighted by molar-refractivity contribution is 8.68. The van der Waals surface area contributed by atoms with E-state index < -0.39 is 15.6 Å². The lowest BCUT2D eigenvalue weighted by Gasteiger charge is -1.97. The number of halogens is 3. The second kappa shape index (κ2) is 5.99. The summed E-state index contributed by atoms with van der Waals surface area (Å²) in [6, 6.07) is 0. The zero-order chi connectivity index (χ0) is 11.3. The predicted octanol–water partition coefficient (Wildman–Crippen LogP) is 2.37. The highest BCUT2D eigenvalue weighted by Crippen LogP contribution is 2.20. The van der Waals surface area contributed by atoms with Crippen LogP contribution in [-0.4, -0.2) is 23.7 Å². The normalized spacial score (nSPS) is 12.3. The molecule has 0 spiro atoms. The third-order valence-electron chi connectivity index (χ3n) is 0.503. The average Bonchev–Trinajstić information content (AvgIpc) is 1.84. The Morgan fingerprint density at radius 2 is 1.54 bits per heavy atom. The molecule has 0 rings (SSSR count). The van der Waals surface area contributed by atoms with E-state index >= 15 is 0 Å². The molecule has 0 fully saturated rings. The lowest BCUT2D eigenvalue weighted by atomic mass is 10.6. The summed E-state index contributed by atoms with van der Waals surface area (Å²) in [5.41, 5.74) is -5.53. The molecule has 1 N–H and O–H groups in total. The summed E-state index contributed by atoms with van der Waals surface area (Å²) in [7, 11) is -4.27. The lowest BCUT2D eigenvalue weighted by molar-refractivity contribution is -0.0510. The second-order valence-corrected chi connectivity index (χ2v) is 5.27. The zero-order valence-corrected chi connectivity index (χ0v) is 9.27. The Kier molecular flexibility index (Phi) is 7.31. The average molecular weight is 258 g/mol. The van der Waals surface area contributed by atoms with E-state index in [1.54, 1.807) is 10.8 Å². The summed E-state index contributed by atoms with van der Waals surface area (Å²) in [5, 5.41) is 0.665. The van der Waals surface area contributed by atoms with Crippen molar-refractivity contribution in [3.8, 4) is 0 Å². The molecule has 3 nitrogen and oxygen atoms in total. The van der Waals surface area contributed by atoms with Crippen LogP contribution in [0.2, 0.25) is 0 Å². The number of alkyl halides is 3. The smallest absolute Gasteiger partial charge is 0.279 e. The summed E-state index contributed by atoms with van der Waals surface area (Å²) in [4.78, 5) is 0. The molecule has 0 heterocycles. The van der Waals surface area contributed by atoms with E-state index in [9.17, 15) is 13.2 Å². The molecular formula is C4H9F3O3S3. The van der Waals surface area contributed by atoms with Gasteiger partial charge in [0.25, 0.3) is 0 Å². The molecule has 0 aliphatic rings. The van der Waals surface area contributed by atoms with Gasteiger partial charge in [0.15, 0.2) is 0 Å². The first-order valence-electron chi connectivity index (χ1n) is 2.86. The molecule has 0 amide bonds. The van der Waals surface area contributed by atoms with Crippen molar-refractivity contribution in [2.75, 3.05) is 0 Å². The highest BCUT2D eigenvalue weighted by atomic mass is 33.1. The van der Waals surface area contributed by atoms with E-state index in [-0.39, 0.29) is 0 Å². The summed E-state index contributed by atoms with van der Waals surface area (Å²) >= 11 is 3.93. The Labute approximate surface area is 83.6 Å². The van der Waals surface area contributed by atoms with Gasteiger partial charge in [-0.2, -0.15) is 21.6 Å². The van der Waals surface area contributed by atoms with Gasteiger partial charge in [0.05, 0.1) is 0 Å². The number of hydrogen-bond donors (Lipinski definition) is 2. The van der Waals surface area contributed by atoms with E-state index in [0.717, 1.165) is 0 Å². The molecule has 0 atom stereocenters. The maximum atomic E-state index is 10.7. The largest absolute Gasteiger partial charge is 0.522 e. The standard InChI is InChI=1S/C3H8S2.CHF3O3S/c1-3(2)5-4;2-1(3,4)8(5,6)7/h3-4H,1-2H3;(H,5,6,7). The van der Waals surface area contributed by atoms with Gasteiger partial charge in [-0.05, 0) is 0 Å². The minimum atomic E-state index is -5.84. The molecule has 0 aliphatic carbocycles. The molecule has 0 bridgehead atoms. The number of thiol groups is 1. The van der Waals surface area contributed by atoms with Crippen molar-refractivity contribution >= 4 is 32.6 Å². The molecule has 0 radical (unpaired) electrons. The van der Waals surface area contributed by atoms with Gasteiger partial charge in [-0.25, -0.2) is 0 Å². The fourth-order valence-corrected chi connectivity index (χ4v) is 0. The number of rotatable bonds is 1. The van der Waals surface area contributed by atoms with Gasteiger partial charge in [0.2, 0.25) is 0 Å². The van der Waals surface area contributed by atoms with Gasteiger partial charge in [0.1, 0.15) is 0 Å². The maximum Gasteiger partial charge on any atom is 0.522 e. The van der Waals surface area contributed by atoms with Gasteiger partial charge in [0, 0.05) is 5.25 Å². The topological polar surface area (TPSA) is 54.4 Å². The molecule has 0 saturated carbocycles. The molecule has 13 heavy (non-hydrogen) atoms. The van der Waals surface area contributed by atoms with Crippen molar-refractivity contribution in [1.82, 2.24) is 0 Å². The first-order valence-corrected chi connectivity index (χ1v) is 6.23. The lowest BCUT2D eigenvalue weighted by Crippen LogP contribution is -2.21. The summed E-state index contributed by atoms with van der Waals surface area (Å²) in [6.07, 6.45) is 0. The van der Waals surface area contributed by atoms with Crippen molar-refractivity contribution < 1.29 is 26.1 Å². The van der Waals surface area contributed by atoms with E-state index in [0.29, 0.717) is 5.25 Å². The maximum absolute atomic E-state index is 10.7. The van der Waals surface area contributed by atoms with Crippen molar-refractivity contribution in [2.24, 2.45) is 0 Å². The zero-order valence-electron chi connectivity index (χ0n) is 6.74. The monoisotopic (exact) mass is 258 g/mol. The van der Waals surface area contributed by atoms with Crippen molar-refractivity contribution in [3.05, 3.63) is 0 Å². The van der Waals surface area contributed by atoms with E-state index in [1.807, 2.05) is 0 Å². The molecule has 0 saturated heterocycles. The summed E-state index contributed by atoms with van der Waals surface area (Å²) < 4.78 is 57.5. The molecule has 0 aliphatic heterocycles. The van der Waals surface area contributed by atoms with Crippen molar-refractivity contribution in [1.29, 1.82) is 0 Å². The molecule has 0 aromatic carbocycles. The third-order valence-corrected chi connectivity index (χ3v) is 2.77. The predicted molar refractivity (Wildman–Crippen MR) is 49.3 cm³/mol. The van der Waals surface area contributed by atoms with E-state index in [2.05, 4.69) is 25.5 Å². The van der Waals surface area contributed by atoms with Crippen LogP contribution in [-0.2, 0) is 10.1 Å². The molecule has 82 valence electrons. The first-order chi connectivity index (χ1) is 5.52. The van der Waals surface area contributed by atoms with Gasteiger partial charge in [-0.3, -0.25) is 4.55 Å². The molecule has 0 aromatic rings. The summed E-state index contributed by atoms with van der Waals surface area (Å²) in [5.74, 6) is 0. The number of hydrogen-bond acceptors (Lipinski definition) is 4. The minimum absolute atomic E-state index is 0.665. The first kappa shape index (κ1) is 15.9. The SMILES string of the molecule is CC(C)SS.O=S(=O)(O)C(F)(F)F. The van der Waals surface area contributed by atoms with E-state index in [4.69, 9.17) is 13.0 Å². The molecule has 0 aromatic heterocycles. The van der Waals surface area contributed by atoms with Crippen LogP contribution in [0.3, 0.4) is 0 Å². The Balaban J connectivity index is 0. The third kappa shape index (κ3) is 10.3. The second-order valence-electron chi connectivity index (χ2n) is 2.07. The van der Waals surface area contributed by atoms with Crippen molar-refractivity contribution in [3.63, 3.8) is 0 Å². The molecule has 0 unspecified atom stereocenters. The van der Waals surface area contributed by atoms with Crippen LogP contribution in [0.25, 0.3) is 0 Å². The van der Waals surface area contributed by atoms with Crippen LogP contribution in [0.1, 0.15) is 13.8 Å². The van der Waals surface area contributed by atoms with Crippen LogP contribution in [0.5, 0.6) is 0 Å². The fourth-order valence-electron chi connectivity index (χ4n) is 0. The van der Waals surface area contributed by atoms with Gasteiger partial charge in [-0.15, -0.1) is 11.7 Å². The van der Waals surface area contributed by atoms with Gasteiger partial charge >= 0.3 is 15.6 Å². The molecular weight excluding hydrogens is 249 g/mol. The quantitative estimate of drug-likeness (QED) is 0.328. The Hall–Kier alpha value is 0.400. The Bertz CT molecular complexity index is 221. The fraction of sp³-hybridized carbons (Fsp3) is 1.00. The van der Waals surface area contributed by atoms with Crippen LogP contribution >= 0.6 is 22.5 Å². The van der Waals surface area contributed by atoms with Crippen LogP contribution in [0, 0.1) is 0 Å².